The van der Waals surface area contributed by atoms with Gasteiger partial charge in [0.15, 0.2) is 0 Å². The maximum absolute atomic E-state index is 5.66. The highest BCUT2D eigenvalue weighted by Crippen LogP contribution is 2.36. The van der Waals surface area contributed by atoms with Crippen LogP contribution in [0.3, 0.4) is 0 Å². The summed E-state index contributed by atoms with van der Waals surface area (Å²) >= 11 is 3.53. The Morgan fingerprint density at radius 1 is 1.58 bits per heavy atom. The summed E-state index contributed by atoms with van der Waals surface area (Å²) in [7, 11) is 0. The summed E-state index contributed by atoms with van der Waals surface area (Å²) in [5.41, 5.74) is 8.21. The van der Waals surface area contributed by atoms with E-state index in [1.807, 2.05) is 6.07 Å². The normalized spacial score (nSPS) is 20.3. The lowest BCUT2D eigenvalue weighted by Gasteiger charge is -2.07. The average Bonchev–Trinajstić information content (AvgIpc) is 2.49. The van der Waals surface area contributed by atoms with E-state index in [9.17, 15) is 0 Å². The Labute approximate surface area is 80.3 Å². The molecule has 3 N–H and O–H groups in total. The van der Waals surface area contributed by atoms with Gasteiger partial charge in [-0.2, -0.15) is 0 Å². The minimum Gasteiger partial charge on any atom is -0.384 e. The van der Waals surface area contributed by atoms with E-state index in [2.05, 4.69) is 33.4 Å². The summed E-state index contributed by atoms with van der Waals surface area (Å²) in [6.07, 6.45) is 0. The van der Waals surface area contributed by atoms with E-state index in [-0.39, 0.29) is 0 Å². The molecule has 0 aliphatic carbocycles. The lowest BCUT2D eigenvalue weighted by atomic mass is 10.0. The molecule has 0 spiro atoms. The van der Waals surface area contributed by atoms with Crippen molar-refractivity contribution in [3.63, 3.8) is 0 Å². The maximum Gasteiger partial charge on any atom is 0.0388 e. The van der Waals surface area contributed by atoms with Crippen LogP contribution in [0.5, 0.6) is 0 Å². The first-order valence-corrected chi connectivity index (χ1v) is 4.84. The van der Waals surface area contributed by atoms with Crippen molar-refractivity contribution >= 4 is 21.6 Å². The molecule has 1 aromatic rings. The molecule has 0 saturated carbocycles. The molecule has 0 bridgehead atoms. The first-order chi connectivity index (χ1) is 5.83. The van der Waals surface area contributed by atoms with Crippen molar-refractivity contribution in [1.82, 2.24) is 0 Å². The van der Waals surface area contributed by atoms with Crippen LogP contribution in [0.4, 0.5) is 5.69 Å². The zero-order valence-corrected chi connectivity index (χ0v) is 8.26. The second-order valence-corrected chi connectivity index (χ2v) is 3.87. The Morgan fingerprint density at radius 2 is 2.42 bits per heavy atom. The van der Waals surface area contributed by atoms with Crippen LogP contribution in [0.15, 0.2) is 22.7 Å². The number of nitrogens with two attached hydrogens (primary N) is 1. The Balaban J connectivity index is 2.48. The number of hydrogen-bond donors (Lipinski definition) is 2. The van der Waals surface area contributed by atoms with E-state index in [1.165, 1.54) is 15.7 Å². The Hall–Kier alpha value is -0.540. The summed E-state index contributed by atoms with van der Waals surface area (Å²) in [4.78, 5) is 0. The third kappa shape index (κ3) is 1.13. The first kappa shape index (κ1) is 8.08. The molecular formula is C9H11BrN2. The van der Waals surface area contributed by atoms with Crippen LogP contribution >= 0.6 is 15.9 Å². The van der Waals surface area contributed by atoms with Gasteiger partial charge in [-0.25, -0.2) is 0 Å². The molecule has 0 amide bonds. The molecular weight excluding hydrogens is 216 g/mol. The van der Waals surface area contributed by atoms with Crippen LogP contribution in [-0.2, 0) is 0 Å². The molecule has 0 fully saturated rings. The van der Waals surface area contributed by atoms with Gasteiger partial charge in [0, 0.05) is 29.2 Å². The van der Waals surface area contributed by atoms with Crippen molar-refractivity contribution in [2.75, 3.05) is 18.4 Å². The highest BCUT2D eigenvalue weighted by Gasteiger charge is 2.22. The van der Waals surface area contributed by atoms with E-state index in [0.717, 1.165) is 6.54 Å². The van der Waals surface area contributed by atoms with Crippen LogP contribution in [-0.4, -0.2) is 13.1 Å². The van der Waals surface area contributed by atoms with Crippen LogP contribution in [0.25, 0.3) is 0 Å². The van der Waals surface area contributed by atoms with Crippen molar-refractivity contribution in [2.45, 2.75) is 5.92 Å². The van der Waals surface area contributed by atoms with E-state index in [4.69, 9.17) is 5.73 Å². The van der Waals surface area contributed by atoms with Crippen LogP contribution < -0.4 is 11.1 Å². The van der Waals surface area contributed by atoms with E-state index < -0.39 is 0 Å². The van der Waals surface area contributed by atoms with Gasteiger partial charge in [0.25, 0.3) is 0 Å². The quantitative estimate of drug-likeness (QED) is 0.769. The van der Waals surface area contributed by atoms with Crippen molar-refractivity contribution in [2.24, 2.45) is 5.73 Å². The number of rotatable bonds is 1. The molecule has 1 aliphatic rings. The molecule has 1 heterocycles. The lowest BCUT2D eigenvalue weighted by Crippen LogP contribution is -2.14. The predicted molar refractivity (Wildman–Crippen MR) is 54.4 cm³/mol. The summed E-state index contributed by atoms with van der Waals surface area (Å²) in [6.45, 7) is 1.68. The van der Waals surface area contributed by atoms with Gasteiger partial charge in [-0.3, -0.25) is 0 Å². The van der Waals surface area contributed by atoms with Gasteiger partial charge in [-0.05, 0) is 17.7 Å². The highest BCUT2D eigenvalue weighted by molar-refractivity contribution is 9.10. The second-order valence-electron chi connectivity index (χ2n) is 3.01. The summed E-state index contributed by atoms with van der Waals surface area (Å²) in [5.74, 6) is 0.468. The molecule has 0 aromatic heterocycles. The number of benzene rings is 1. The molecule has 1 aliphatic heterocycles. The van der Waals surface area contributed by atoms with Gasteiger partial charge in [-0.15, -0.1) is 0 Å². The highest BCUT2D eigenvalue weighted by atomic mass is 79.9. The SMILES string of the molecule is NCC1CNc2cccc(Br)c21. The summed E-state index contributed by atoms with van der Waals surface area (Å²) in [5, 5.41) is 3.33. The van der Waals surface area contributed by atoms with Crippen molar-refractivity contribution < 1.29 is 0 Å². The number of nitrogens with one attached hydrogen (secondary N) is 1. The zero-order chi connectivity index (χ0) is 8.55. The second kappa shape index (κ2) is 3.07. The topological polar surface area (TPSA) is 38.0 Å². The molecule has 1 unspecified atom stereocenters. The van der Waals surface area contributed by atoms with Crippen LogP contribution in [0.1, 0.15) is 11.5 Å². The first-order valence-electron chi connectivity index (χ1n) is 4.05. The number of anilines is 1. The number of hydrogen-bond acceptors (Lipinski definition) is 2. The van der Waals surface area contributed by atoms with Crippen molar-refractivity contribution in [1.29, 1.82) is 0 Å². The standard InChI is InChI=1S/C9H11BrN2/c10-7-2-1-3-8-9(7)6(4-11)5-12-8/h1-3,6,12H,4-5,11H2. The maximum atomic E-state index is 5.66. The Bertz CT molecular complexity index is 299. The average molecular weight is 227 g/mol. The van der Waals surface area contributed by atoms with E-state index >= 15 is 0 Å². The monoisotopic (exact) mass is 226 g/mol. The number of fused-ring (bicyclic) bond motifs is 1. The fraction of sp³-hybridized carbons (Fsp3) is 0.333. The third-order valence-electron chi connectivity index (χ3n) is 2.28. The fourth-order valence-corrected chi connectivity index (χ4v) is 2.33. The van der Waals surface area contributed by atoms with Gasteiger partial charge in [-0.1, -0.05) is 22.0 Å². The molecule has 2 rings (SSSR count). The molecule has 3 heteroatoms. The predicted octanol–water partition coefficient (Wildman–Crippen LogP) is 1.92. The molecule has 1 aromatic carbocycles. The lowest BCUT2D eigenvalue weighted by molar-refractivity contribution is 0.764. The van der Waals surface area contributed by atoms with Gasteiger partial charge in [0.05, 0.1) is 0 Å². The largest absolute Gasteiger partial charge is 0.384 e. The van der Waals surface area contributed by atoms with Gasteiger partial charge in [0.2, 0.25) is 0 Å². The van der Waals surface area contributed by atoms with Gasteiger partial charge in [0.1, 0.15) is 0 Å². The van der Waals surface area contributed by atoms with Gasteiger partial charge >= 0.3 is 0 Å². The molecule has 1 atom stereocenters. The molecule has 64 valence electrons. The molecule has 12 heavy (non-hydrogen) atoms. The van der Waals surface area contributed by atoms with Crippen molar-refractivity contribution in [3.05, 3.63) is 28.2 Å². The minimum atomic E-state index is 0.468. The van der Waals surface area contributed by atoms with Crippen LogP contribution in [0.2, 0.25) is 0 Å². The van der Waals surface area contributed by atoms with E-state index in [1.54, 1.807) is 0 Å². The molecule has 0 saturated heterocycles. The summed E-state index contributed by atoms with van der Waals surface area (Å²) in [6, 6.07) is 6.19. The molecule has 2 nitrogen and oxygen atoms in total. The minimum absolute atomic E-state index is 0.468. The molecule has 0 radical (unpaired) electrons. The van der Waals surface area contributed by atoms with Crippen molar-refractivity contribution in [3.8, 4) is 0 Å². The number of halogens is 1. The van der Waals surface area contributed by atoms with E-state index in [0.29, 0.717) is 12.5 Å². The fourth-order valence-electron chi connectivity index (χ4n) is 1.64. The van der Waals surface area contributed by atoms with Crippen LogP contribution in [0, 0.1) is 0 Å². The zero-order valence-electron chi connectivity index (χ0n) is 6.68. The Kier molecular flexibility index (Phi) is 2.07. The third-order valence-corrected chi connectivity index (χ3v) is 2.98. The summed E-state index contributed by atoms with van der Waals surface area (Å²) < 4.78 is 1.17. The van der Waals surface area contributed by atoms with Gasteiger partial charge < -0.3 is 11.1 Å². The Morgan fingerprint density at radius 3 is 3.17 bits per heavy atom. The smallest absolute Gasteiger partial charge is 0.0388 e.